The van der Waals surface area contributed by atoms with E-state index in [1.807, 2.05) is 12.1 Å². The SMILES string of the molecule is CCN(CC)CCNC(=O)/C=C/c1ccc(C(=O)NC)cc1. The van der Waals surface area contributed by atoms with E-state index < -0.39 is 0 Å². The predicted molar refractivity (Wildman–Crippen MR) is 89.7 cm³/mol. The number of nitrogens with zero attached hydrogens (tertiary/aromatic N) is 1. The molecule has 0 unspecified atom stereocenters. The first-order valence-corrected chi connectivity index (χ1v) is 7.61. The molecule has 0 aliphatic heterocycles. The topological polar surface area (TPSA) is 61.4 Å². The van der Waals surface area contributed by atoms with Crippen LogP contribution in [0.1, 0.15) is 29.8 Å². The second-order valence-electron chi connectivity index (χ2n) is 4.85. The highest BCUT2D eigenvalue weighted by Crippen LogP contribution is 2.06. The van der Waals surface area contributed by atoms with E-state index in [1.165, 1.54) is 6.08 Å². The minimum Gasteiger partial charge on any atom is -0.355 e. The van der Waals surface area contributed by atoms with Crippen LogP contribution in [0.25, 0.3) is 6.08 Å². The van der Waals surface area contributed by atoms with Crippen molar-refractivity contribution in [3.8, 4) is 0 Å². The molecular formula is C17H25N3O2. The van der Waals surface area contributed by atoms with Crippen LogP contribution >= 0.6 is 0 Å². The maximum atomic E-state index is 11.7. The third-order valence-corrected chi connectivity index (χ3v) is 3.45. The fourth-order valence-corrected chi connectivity index (χ4v) is 2.00. The van der Waals surface area contributed by atoms with Crippen molar-refractivity contribution in [3.05, 3.63) is 41.5 Å². The van der Waals surface area contributed by atoms with Gasteiger partial charge in [0.2, 0.25) is 5.91 Å². The summed E-state index contributed by atoms with van der Waals surface area (Å²) in [4.78, 5) is 25.4. The molecule has 0 atom stereocenters. The number of carbonyl (C=O) groups excluding carboxylic acids is 2. The predicted octanol–water partition coefficient (Wildman–Crippen LogP) is 1.52. The molecule has 0 aliphatic rings. The van der Waals surface area contributed by atoms with Crippen LogP contribution in [0.2, 0.25) is 0 Å². The third-order valence-electron chi connectivity index (χ3n) is 3.45. The third kappa shape index (κ3) is 6.10. The van der Waals surface area contributed by atoms with Gasteiger partial charge in [-0.3, -0.25) is 9.59 Å². The Morgan fingerprint density at radius 3 is 2.32 bits per heavy atom. The quantitative estimate of drug-likeness (QED) is 0.716. The van der Waals surface area contributed by atoms with Crippen molar-refractivity contribution < 1.29 is 9.59 Å². The fraction of sp³-hybridized carbons (Fsp3) is 0.412. The molecule has 2 amide bonds. The molecule has 0 radical (unpaired) electrons. The van der Waals surface area contributed by atoms with Crippen LogP contribution in [0.4, 0.5) is 0 Å². The van der Waals surface area contributed by atoms with E-state index in [0.29, 0.717) is 12.1 Å². The molecule has 0 aromatic heterocycles. The standard InChI is InChI=1S/C17H25N3O2/c1-4-20(5-2)13-12-19-16(21)11-8-14-6-9-15(10-7-14)17(22)18-3/h6-11H,4-5,12-13H2,1-3H3,(H,18,22)(H,19,21)/b11-8+. The summed E-state index contributed by atoms with van der Waals surface area (Å²) in [5.41, 5.74) is 1.48. The molecule has 0 aliphatic carbocycles. The van der Waals surface area contributed by atoms with Gasteiger partial charge < -0.3 is 15.5 Å². The summed E-state index contributed by atoms with van der Waals surface area (Å²) in [5.74, 6) is -0.229. The van der Waals surface area contributed by atoms with Crippen molar-refractivity contribution in [2.24, 2.45) is 0 Å². The van der Waals surface area contributed by atoms with Crippen LogP contribution in [0.15, 0.2) is 30.3 Å². The monoisotopic (exact) mass is 303 g/mol. The number of likely N-dealkylation sites (N-methyl/N-ethyl adjacent to an activating group) is 1. The highest BCUT2D eigenvalue weighted by atomic mass is 16.2. The van der Waals surface area contributed by atoms with Crippen molar-refractivity contribution in [1.82, 2.24) is 15.5 Å². The molecule has 1 aromatic carbocycles. The van der Waals surface area contributed by atoms with Crippen LogP contribution in [-0.2, 0) is 4.79 Å². The average molecular weight is 303 g/mol. The molecule has 5 heteroatoms. The van der Waals surface area contributed by atoms with E-state index in [1.54, 1.807) is 25.3 Å². The second-order valence-corrected chi connectivity index (χ2v) is 4.85. The Labute approximate surface area is 132 Å². The van der Waals surface area contributed by atoms with E-state index >= 15 is 0 Å². The van der Waals surface area contributed by atoms with E-state index in [9.17, 15) is 9.59 Å². The van der Waals surface area contributed by atoms with Gasteiger partial charge in [-0.1, -0.05) is 26.0 Å². The molecule has 5 nitrogen and oxygen atoms in total. The van der Waals surface area contributed by atoms with Crippen molar-refractivity contribution in [2.45, 2.75) is 13.8 Å². The minimum absolute atomic E-state index is 0.109. The maximum absolute atomic E-state index is 11.7. The molecule has 0 saturated carbocycles. The molecular weight excluding hydrogens is 278 g/mol. The smallest absolute Gasteiger partial charge is 0.251 e. The second kappa shape index (κ2) is 9.73. The zero-order chi connectivity index (χ0) is 16.4. The molecule has 2 N–H and O–H groups in total. The lowest BCUT2D eigenvalue weighted by atomic mass is 10.1. The first-order valence-electron chi connectivity index (χ1n) is 7.61. The van der Waals surface area contributed by atoms with Crippen molar-refractivity contribution in [2.75, 3.05) is 33.2 Å². The van der Waals surface area contributed by atoms with E-state index in [0.717, 1.165) is 25.2 Å². The highest BCUT2D eigenvalue weighted by molar-refractivity contribution is 5.94. The Bertz CT molecular complexity index is 505. The van der Waals surface area contributed by atoms with Crippen LogP contribution in [0.3, 0.4) is 0 Å². The number of nitrogens with one attached hydrogen (secondary N) is 2. The minimum atomic E-state index is -0.121. The first-order chi connectivity index (χ1) is 10.6. The normalized spacial score (nSPS) is 10.9. The summed E-state index contributed by atoms with van der Waals surface area (Å²) in [5, 5.41) is 5.43. The Morgan fingerprint density at radius 1 is 1.14 bits per heavy atom. The van der Waals surface area contributed by atoms with Crippen LogP contribution < -0.4 is 10.6 Å². The number of carbonyl (C=O) groups is 2. The van der Waals surface area contributed by atoms with Gasteiger partial charge in [0.25, 0.3) is 5.91 Å². The van der Waals surface area contributed by atoms with E-state index in [-0.39, 0.29) is 11.8 Å². The maximum Gasteiger partial charge on any atom is 0.251 e. The van der Waals surface area contributed by atoms with Gasteiger partial charge in [0.1, 0.15) is 0 Å². The van der Waals surface area contributed by atoms with Gasteiger partial charge in [-0.25, -0.2) is 0 Å². The Morgan fingerprint density at radius 2 is 1.77 bits per heavy atom. The summed E-state index contributed by atoms with van der Waals surface area (Å²) in [6.07, 6.45) is 3.25. The summed E-state index contributed by atoms with van der Waals surface area (Å²) < 4.78 is 0. The van der Waals surface area contributed by atoms with Gasteiger partial charge in [0.15, 0.2) is 0 Å². The summed E-state index contributed by atoms with van der Waals surface area (Å²) in [6, 6.07) is 7.09. The number of hydrogen-bond donors (Lipinski definition) is 2. The Hall–Kier alpha value is -2.14. The van der Waals surface area contributed by atoms with Gasteiger partial charge >= 0.3 is 0 Å². The summed E-state index contributed by atoms with van der Waals surface area (Å²) in [7, 11) is 1.60. The molecule has 1 aromatic rings. The zero-order valence-corrected chi connectivity index (χ0v) is 13.6. The highest BCUT2D eigenvalue weighted by Gasteiger charge is 2.02. The largest absolute Gasteiger partial charge is 0.355 e. The number of hydrogen-bond acceptors (Lipinski definition) is 3. The Balaban J connectivity index is 2.43. The lowest BCUT2D eigenvalue weighted by Crippen LogP contribution is -2.34. The number of amides is 2. The van der Waals surface area contributed by atoms with E-state index in [2.05, 4.69) is 29.4 Å². The van der Waals surface area contributed by atoms with Gasteiger partial charge in [-0.2, -0.15) is 0 Å². The van der Waals surface area contributed by atoms with Gasteiger partial charge in [-0.05, 0) is 36.9 Å². The molecule has 0 saturated heterocycles. The van der Waals surface area contributed by atoms with Crippen molar-refractivity contribution >= 4 is 17.9 Å². The van der Waals surface area contributed by atoms with Gasteiger partial charge in [0.05, 0.1) is 0 Å². The van der Waals surface area contributed by atoms with E-state index in [4.69, 9.17) is 0 Å². The summed E-state index contributed by atoms with van der Waals surface area (Å²) >= 11 is 0. The molecule has 0 spiro atoms. The van der Waals surface area contributed by atoms with Gasteiger partial charge in [-0.15, -0.1) is 0 Å². The zero-order valence-electron chi connectivity index (χ0n) is 13.6. The molecule has 1 rings (SSSR count). The van der Waals surface area contributed by atoms with Crippen LogP contribution in [-0.4, -0.2) is 49.9 Å². The van der Waals surface area contributed by atoms with Crippen LogP contribution in [0.5, 0.6) is 0 Å². The number of rotatable bonds is 8. The van der Waals surface area contributed by atoms with Crippen molar-refractivity contribution in [1.29, 1.82) is 0 Å². The molecule has 0 bridgehead atoms. The van der Waals surface area contributed by atoms with Crippen LogP contribution in [0, 0.1) is 0 Å². The van der Waals surface area contributed by atoms with Crippen molar-refractivity contribution in [3.63, 3.8) is 0 Å². The number of benzene rings is 1. The lowest BCUT2D eigenvalue weighted by molar-refractivity contribution is -0.116. The van der Waals surface area contributed by atoms with Gasteiger partial charge in [0, 0.05) is 31.8 Å². The molecule has 0 fully saturated rings. The molecule has 0 heterocycles. The first kappa shape index (κ1) is 17.9. The molecule has 22 heavy (non-hydrogen) atoms. The summed E-state index contributed by atoms with van der Waals surface area (Å²) in [6.45, 7) is 7.68. The average Bonchev–Trinajstić information content (AvgIpc) is 2.56. The molecule has 120 valence electrons. The fourth-order valence-electron chi connectivity index (χ4n) is 2.00. The Kier molecular flexibility index (Phi) is 7.92. The lowest BCUT2D eigenvalue weighted by Gasteiger charge is -2.17.